The quantitative estimate of drug-likeness (QED) is 0.859. The number of furan rings is 1. The van der Waals surface area contributed by atoms with Crippen LogP contribution in [0.25, 0.3) is 0 Å². The monoisotopic (exact) mass is 348 g/mol. The van der Waals surface area contributed by atoms with Crippen LogP contribution in [0.5, 0.6) is 0 Å². The van der Waals surface area contributed by atoms with Crippen LogP contribution in [0.3, 0.4) is 0 Å². The van der Waals surface area contributed by atoms with Crippen molar-refractivity contribution in [3.63, 3.8) is 0 Å². The molecule has 0 saturated heterocycles. The molecule has 0 aliphatic heterocycles. The van der Waals surface area contributed by atoms with Crippen molar-refractivity contribution >= 4 is 15.9 Å². The SMILES string of the molecule is CC1(NC(=O)c2ccc(CNS(C)(=O)=O)o2)Cc2ccccc2C1. The fraction of sp³-hybridized carbons (Fsp3) is 0.353. The van der Waals surface area contributed by atoms with Gasteiger partial charge in [-0.05, 0) is 43.0 Å². The number of carbonyl (C=O) groups is 1. The first kappa shape index (κ1) is 16.7. The van der Waals surface area contributed by atoms with Crippen LogP contribution in [0.1, 0.15) is 34.4 Å². The zero-order valence-electron chi connectivity index (χ0n) is 13.6. The molecule has 1 aliphatic rings. The molecule has 0 spiro atoms. The molecular formula is C17H20N2O4S. The Morgan fingerprint density at radius 3 is 2.38 bits per heavy atom. The van der Waals surface area contributed by atoms with Gasteiger partial charge < -0.3 is 9.73 Å². The van der Waals surface area contributed by atoms with Gasteiger partial charge in [0.1, 0.15) is 5.76 Å². The Balaban J connectivity index is 1.65. The van der Waals surface area contributed by atoms with E-state index < -0.39 is 10.0 Å². The second kappa shape index (κ2) is 6.07. The summed E-state index contributed by atoms with van der Waals surface area (Å²) in [6, 6.07) is 11.3. The van der Waals surface area contributed by atoms with Crippen molar-refractivity contribution in [3.05, 3.63) is 59.0 Å². The molecule has 1 aromatic heterocycles. The summed E-state index contributed by atoms with van der Waals surface area (Å²) in [6.07, 6.45) is 2.62. The molecule has 2 N–H and O–H groups in total. The maximum Gasteiger partial charge on any atom is 0.287 e. The average Bonchev–Trinajstić information content (AvgIpc) is 3.07. The van der Waals surface area contributed by atoms with Gasteiger partial charge in [0.2, 0.25) is 10.0 Å². The van der Waals surface area contributed by atoms with E-state index >= 15 is 0 Å². The first-order valence-electron chi connectivity index (χ1n) is 7.67. The number of fused-ring (bicyclic) bond motifs is 1. The van der Waals surface area contributed by atoms with Crippen LogP contribution in [0.2, 0.25) is 0 Å². The fourth-order valence-corrected chi connectivity index (χ4v) is 3.43. The summed E-state index contributed by atoms with van der Waals surface area (Å²) in [5.41, 5.74) is 2.15. The van der Waals surface area contributed by atoms with Gasteiger partial charge >= 0.3 is 0 Å². The zero-order chi connectivity index (χ0) is 17.4. The number of sulfonamides is 1. The predicted molar refractivity (Wildman–Crippen MR) is 90.1 cm³/mol. The molecule has 0 atom stereocenters. The minimum absolute atomic E-state index is 0.0226. The van der Waals surface area contributed by atoms with Crippen LogP contribution in [0, 0.1) is 0 Å². The summed E-state index contributed by atoms with van der Waals surface area (Å²) < 4.78 is 30.0. The van der Waals surface area contributed by atoms with Crippen LogP contribution in [0.15, 0.2) is 40.8 Å². The average molecular weight is 348 g/mol. The molecule has 7 heteroatoms. The summed E-state index contributed by atoms with van der Waals surface area (Å²) >= 11 is 0. The molecular weight excluding hydrogens is 328 g/mol. The Morgan fingerprint density at radius 2 is 1.79 bits per heavy atom. The Bertz CT molecular complexity index is 845. The third kappa shape index (κ3) is 3.85. The highest BCUT2D eigenvalue weighted by Crippen LogP contribution is 2.30. The molecule has 0 unspecified atom stereocenters. The van der Waals surface area contributed by atoms with Crippen LogP contribution >= 0.6 is 0 Å². The maximum absolute atomic E-state index is 12.4. The van der Waals surface area contributed by atoms with E-state index in [1.165, 1.54) is 11.1 Å². The van der Waals surface area contributed by atoms with Gasteiger partial charge in [-0.2, -0.15) is 0 Å². The number of hydrogen-bond acceptors (Lipinski definition) is 4. The lowest BCUT2D eigenvalue weighted by molar-refractivity contribution is 0.0879. The van der Waals surface area contributed by atoms with Crippen LogP contribution in [0.4, 0.5) is 0 Å². The molecule has 0 bridgehead atoms. The molecule has 1 aliphatic carbocycles. The highest BCUT2D eigenvalue weighted by atomic mass is 32.2. The molecule has 24 heavy (non-hydrogen) atoms. The van der Waals surface area contributed by atoms with Crippen molar-refractivity contribution < 1.29 is 17.6 Å². The van der Waals surface area contributed by atoms with E-state index in [0.29, 0.717) is 5.76 Å². The first-order valence-corrected chi connectivity index (χ1v) is 9.56. The first-order chi connectivity index (χ1) is 11.2. The largest absolute Gasteiger partial charge is 0.455 e. The van der Waals surface area contributed by atoms with Crippen molar-refractivity contribution in [1.29, 1.82) is 0 Å². The van der Waals surface area contributed by atoms with Crippen molar-refractivity contribution in [1.82, 2.24) is 10.0 Å². The molecule has 1 heterocycles. The summed E-state index contributed by atoms with van der Waals surface area (Å²) in [7, 11) is -3.30. The molecule has 1 amide bonds. The lowest BCUT2D eigenvalue weighted by atomic mass is 9.98. The van der Waals surface area contributed by atoms with Gasteiger partial charge in [0.15, 0.2) is 5.76 Å². The standard InChI is InChI=1S/C17H20N2O4S/c1-17(9-12-5-3-4-6-13(12)10-17)19-16(20)15-8-7-14(23-15)11-18-24(2,21)22/h3-8,18H,9-11H2,1-2H3,(H,19,20). The summed E-state index contributed by atoms with van der Waals surface area (Å²) in [5.74, 6) is 0.277. The van der Waals surface area contributed by atoms with E-state index in [2.05, 4.69) is 22.2 Å². The van der Waals surface area contributed by atoms with E-state index in [-0.39, 0.29) is 23.8 Å². The Labute approximate surface area is 141 Å². The number of rotatable bonds is 5. The molecule has 6 nitrogen and oxygen atoms in total. The Hall–Kier alpha value is -2.12. The van der Waals surface area contributed by atoms with Crippen molar-refractivity contribution in [2.24, 2.45) is 0 Å². The van der Waals surface area contributed by atoms with E-state index in [9.17, 15) is 13.2 Å². The normalized spacial score (nSPS) is 15.9. The predicted octanol–water partition coefficient (Wildman–Crippen LogP) is 1.62. The van der Waals surface area contributed by atoms with Crippen LogP contribution in [-0.2, 0) is 29.4 Å². The Kier molecular flexibility index (Phi) is 4.23. The van der Waals surface area contributed by atoms with Gasteiger partial charge in [0.05, 0.1) is 12.8 Å². The summed E-state index contributed by atoms with van der Waals surface area (Å²) in [6.45, 7) is 2.04. The smallest absolute Gasteiger partial charge is 0.287 e. The second-order valence-electron chi connectivity index (χ2n) is 6.50. The summed E-state index contributed by atoms with van der Waals surface area (Å²) in [5, 5.41) is 3.03. The Morgan fingerprint density at radius 1 is 1.17 bits per heavy atom. The molecule has 1 aromatic carbocycles. The van der Waals surface area contributed by atoms with E-state index in [1.54, 1.807) is 12.1 Å². The highest BCUT2D eigenvalue weighted by Gasteiger charge is 2.34. The number of benzene rings is 1. The summed E-state index contributed by atoms with van der Waals surface area (Å²) in [4.78, 5) is 12.4. The molecule has 3 rings (SSSR count). The molecule has 2 aromatic rings. The third-order valence-electron chi connectivity index (χ3n) is 4.09. The molecule has 0 fully saturated rings. The zero-order valence-corrected chi connectivity index (χ0v) is 14.4. The lowest BCUT2D eigenvalue weighted by Crippen LogP contribution is -2.46. The molecule has 128 valence electrons. The van der Waals surface area contributed by atoms with Crippen molar-refractivity contribution in [2.75, 3.05) is 6.26 Å². The highest BCUT2D eigenvalue weighted by molar-refractivity contribution is 7.88. The molecule has 0 radical (unpaired) electrons. The van der Waals surface area contributed by atoms with E-state index in [4.69, 9.17) is 4.42 Å². The van der Waals surface area contributed by atoms with E-state index in [0.717, 1.165) is 19.1 Å². The van der Waals surface area contributed by atoms with Gasteiger partial charge in [0, 0.05) is 5.54 Å². The number of amides is 1. The minimum atomic E-state index is -3.30. The third-order valence-corrected chi connectivity index (χ3v) is 4.76. The second-order valence-corrected chi connectivity index (χ2v) is 8.33. The maximum atomic E-state index is 12.4. The van der Waals surface area contributed by atoms with Crippen molar-refractivity contribution in [2.45, 2.75) is 31.8 Å². The van der Waals surface area contributed by atoms with Gasteiger partial charge in [-0.1, -0.05) is 24.3 Å². The number of hydrogen-bond donors (Lipinski definition) is 2. The lowest BCUT2D eigenvalue weighted by Gasteiger charge is -2.24. The number of carbonyl (C=O) groups excluding carboxylic acids is 1. The van der Waals surface area contributed by atoms with Crippen LogP contribution in [-0.4, -0.2) is 26.1 Å². The van der Waals surface area contributed by atoms with Gasteiger partial charge in [0.25, 0.3) is 5.91 Å². The van der Waals surface area contributed by atoms with Gasteiger partial charge in [-0.3, -0.25) is 4.79 Å². The van der Waals surface area contributed by atoms with Crippen LogP contribution < -0.4 is 10.0 Å². The van der Waals surface area contributed by atoms with E-state index in [1.807, 2.05) is 19.1 Å². The minimum Gasteiger partial charge on any atom is -0.455 e. The van der Waals surface area contributed by atoms with Gasteiger partial charge in [-0.25, -0.2) is 13.1 Å². The molecule has 0 saturated carbocycles. The number of nitrogens with one attached hydrogen (secondary N) is 2. The van der Waals surface area contributed by atoms with Crippen molar-refractivity contribution in [3.8, 4) is 0 Å². The van der Waals surface area contributed by atoms with Gasteiger partial charge in [-0.15, -0.1) is 0 Å². The topological polar surface area (TPSA) is 88.4 Å². The fourth-order valence-electron chi connectivity index (χ4n) is 3.03.